The molecule has 0 aliphatic heterocycles. The normalized spacial score (nSPS) is 10.5. The largest absolute Gasteiger partial charge is 0.477 e. The van der Waals surface area contributed by atoms with Gasteiger partial charge in [0.15, 0.2) is 0 Å². The maximum atomic E-state index is 11.7. The van der Waals surface area contributed by atoms with Crippen LogP contribution in [-0.2, 0) is 0 Å². The molecule has 1 aromatic carbocycles. The van der Waals surface area contributed by atoms with Crippen molar-refractivity contribution in [3.63, 3.8) is 0 Å². The summed E-state index contributed by atoms with van der Waals surface area (Å²) in [5.41, 5.74) is 0.765. The van der Waals surface area contributed by atoms with E-state index in [1.807, 2.05) is 13.0 Å². The van der Waals surface area contributed by atoms with Gasteiger partial charge in [0.2, 0.25) is 0 Å². The number of H-pyrrole nitrogens is 1. The maximum Gasteiger partial charge on any atom is 0.342 e. The first kappa shape index (κ1) is 11.7. The molecule has 0 atom stereocenters. The van der Waals surface area contributed by atoms with E-state index >= 15 is 0 Å². The van der Waals surface area contributed by atoms with Gasteiger partial charge in [0.1, 0.15) is 5.56 Å². The number of aromatic nitrogens is 2. The van der Waals surface area contributed by atoms with Crippen LogP contribution in [0.1, 0.15) is 15.9 Å². The molecule has 0 saturated heterocycles. The highest BCUT2D eigenvalue weighted by Crippen LogP contribution is 2.18. The summed E-state index contributed by atoms with van der Waals surface area (Å²) >= 11 is 3.36. The molecule has 1 aromatic heterocycles. The van der Waals surface area contributed by atoms with Crippen LogP contribution < -0.4 is 5.56 Å². The molecule has 2 N–H and O–H groups in total. The van der Waals surface area contributed by atoms with E-state index in [1.54, 1.807) is 12.1 Å². The molecule has 0 bridgehead atoms. The highest BCUT2D eigenvalue weighted by molar-refractivity contribution is 9.10. The molecule has 0 aliphatic carbocycles. The number of nitrogens with one attached hydrogen (secondary N) is 1. The third-order valence-corrected chi connectivity index (χ3v) is 3.27. The average molecular weight is 297 g/mol. The minimum atomic E-state index is -1.24. The van der Waals surface area contributed by atoms with Gasteiger partial charge in [0, 0.05) is 10.7 Å². The Hall–Kier alpha value is -1.82. The smallest absolute Gasteiger partial charge is 0.342 e. The molecule has 1 heterocycles. The Bertz CT molecular complexity index is 642. The van der Waals surface area contributed by atoms with E-state index in [0.29, 0.717) is 5.69 Å². The monoisotopic (exact) mass is 296 g/mol. The van der Waals surface area contributed by atoms with E-state index in [4.69, 9.17) is 5.11 Å². The summed E-state index contributed by atoms with van der Waals surface area (Å²) in [7, 11) is 0. The van der Waals surface area contributed by atoms with Gasteiger partial charge < -0.3 is 5.11 Å². The Balaban J connectivity index is 2.58. The van der Waals surface area contributed by atoms with Gasteiger partial charge in [0.05, 0.1) is 5.69 Å². The zero-order valence-electron chi connectivity index (χ0n) is 8.90. The van der Waals surface area contributed by atoms with Crippen molar-refractivity contribution < 1.29 is 9.90 Å². The highest BCUT2D eigenvalue weighted by Gasteiger charge is 2.13. The molecule has 0 radical (unpaired) electrons. The number of carbonyl (C=O) groups is 1. The van der Waals surface area contributed by atoms with Crippen molar-refractivity contribution in [2.24, 2.45) is 0 Å². The number of benzene rings is 1. The third kappa shape index (κ3) is 2.03. The van der Waals surface area contributed by atoms with Gasteiger partial charge in [-0.1, -0.05) is 22.0 Å². The van der Waals surface area contributed by atoms with Crippen molar-refractivity contribution in [1.82, 2.24) is 9.78 Å². The molecule has 5 nitrogen and oxygen atoms in total. The number of hydrogen-bond donors (Lipinski definition) is 2. The quantitative estimate of drug-likeness (QED) is 0.889. The van der Waals surface area contributed by atoms with E-state index in [9.17, 15) is 9.59 Å². The van der Waals surface area contributed by atoms with Crippen LogP contribution in [0.15, 0.2) is 33.7 Å². The van der Waals surface area contributed by atoms with Crippen molar-refractivity contribution >= 4 is 21.9 Å². The van der Waals surface area contributed by atoms with Crippen LogP contribution in [0.5, 0.6) is 0 Å². The molecule has 17 heavy (non-hydrogen) atoms. The van der Waals surface area contributed by atoms with Gasteiger partial charge in [-0.15, -0.1) is 0 Å². The summed E-state index contributed by atoms with van der Waals surface area (Å²) in [6.45, 7) is 1.92. The summed E-state index contributed by atoms with van der Waals surface area (Å²) in [5.74, 6) is -1.24. The Kier molecular flexibility index (Phi) is 2.89. The van der Waals surface area contributed by atoms with Crippen LogP contribution in [0.3, 0.4) is 0 Å². The molecule has 6 heteroatoms. The number of halogens is 1. The molecule has 0 spiro atoms. The number of aromatic carboxylic acids is 1. The Morgan fingerprint density at radius 3 is 2.71 bits per heavy atom. The number of nitrogens with zero attached hydrogens (tertiary/aromatic N) is 1. The van der Waals surface area contributed by atoms with Crippen LogP contribution in [-0.4, -0.2) is 20.9 Å². The third-order valence-electron chi connectivity index (χ3n) is 2.42. The van der Waals surface area contributed by atoms with Crippen molar-refractivity contribution in [3.05, 3.63) is 50.3 Å². The first-order valence-electron chi connectivity index (χ1n) is 4.81. The first-order chi connectivity index (χ1) is 8.00. The topological polar surface area (TPSA) is 75.1 Å². The van der Waals surface area contributed by atoms with E-state index in [-0.39, 0.29) is 5.56 Å². The second-order valence-corrected chi connectivity index (χ2v) is 4.42. The summed E-state index contributed by atoms with van der Waals surface area (Å²) in [4.78, 5) is 22.5. The number of carboxylic acids is 1. The molecule has 0 aliphatic rings. The van der Waals surface area contributed by atoms with E-state index < -0.39 is 11.5 Å². The predicted octanol–water partition coefficient (Wildman–Crippen LogP) is 1.93. The van der Waals surface area contributed by atoms with Gasteiger partial charge in [-0.05, 0) is 24.6 Å². The number of aromatic amines is 1. The average Bonchev–Trinajstić information content (AvgIpc) is 2.64. The molecule has 0 unspecified atom stereocenters. The Morgan fingerprint density at radius 1 is 1.47 bits per heavy atom. The van der Waals surface area contributed by atoms with Crippen molar-refractivity contribution in [2.75, 3.05) is 0 Å². The Morgan fingerprint density at radius 2 is 2.18 bits per heavy atom. The van der Waals surface area contributed by atoms with Gasteiger partial charge in [0.25, 0.3) is 5.56 Å². The van der Waals surface area contributed by atoms with Gasteiger partial charge >= 0.3 is 5.97 Å². The van der Waals surface area contributed by atoms with Crippen molar-refractivity contribution in [1.29, 1.82) is 0 Å². The lowest BCUT2D eigenvalue weighted by atomic mass is 10.2. The van der Waals surface area contributed by atoms with Crippen molar-refractivity contribution in [3.8, 4) is 5.69 Å². The van der Waals surface area contributed by atoms with Crippen LogP contribution in [0.4, 0.5) is 0 Å². The minimum absolute atomic E-state index is 0.276. The van der Waals surface area contributed by atoms with Crippen LogP contribution in [0.25, 0.3) is 5.69 Å². The molecule has 0 saturated carbocycles. The first-order valence-corrected chi connectivity index (χ1v) is 5.60. The summed E-state index contributed by atoms with van der Waals surface area (Å²) < 4.78 is 2.04. The zero-order chi connectivity index (χ0) is 12.6. The summed E-state index contributed by atoms with van der Waals surface area (Å²) in [6.07, 6.45) is 1.18. The van der Waals surface area contributed by atoms with E-state index in [1.165, 1.54) is 10.9 Å². The predicted molar refractivity (Wildman–Crippen MR) is 65.8 cm³/mol. The van der Waals surface area contributed by atoms with E-state index in [0.717, 1.165) is 10.0 Å². The highest BCUT2D eigenvalue weighted by atomic mass is 79.9. The molecule has 2 aromatic rings. The number of aryl methyl sites for hydroxylation is 1. The number of carboxylic acid groups (broad SMARTS) is 1. The lowest BCUT2D eigenvalue weighted by molar-refractivity contribution is 0.0695. The zero-order valence-corrected chi connectivity index (χ0v) is 10.5. The second-order valence-electron chi connectivity index (χ2n) is 3.57. The molecule has 88 valence electrons. The minimum Gasteiger partial charge on any atom is -0.477 e. The second kappa shape index (κ2) is 4.21. The van der Waals surface area contributed by atoms with Gasteiger partial charge in [-0.2, -0.15) is 0 Å². The molecule has 0 fully saturated rings. The lowest BCUT2D eigenvalue weighted by Gasteiger charge is -2.03. The molecule has 0 amide bonds. The van der Waals surface area contributed by atoms with Gasteiger partial charge in [-0.25, -0.2) is 9.48 Å². The summed E-state index contributed by atoms with van der Waals surface area (Å²) in [6, 6.07) is 5.33. The fourth-order valence-electron chi connectivity index (χ4n) is 1.44. The van der Waals surface area contributed by atoms with Crippen LogP contribution in [0, 0.1) is 6.92 Å². The SMILES string of the molecule is Cc1ccc(-n2[nH]cc(C(=O)O)c2=O)cc1Br. The molecular weight excluding hydrogens is 288 g/mol. The van der Waals surface area contributed by atoms with Crippen LogP contribution in [0.2, 0.25) is 0 Å². The number of rotatable bonds is 2. The fraction of sp³-hybridized carbons (Fsp3) is 0.0909. The van der Waals surface area contributed by atoms with Crippen LogP contribution >= 0.6 is 15.9 Å². The molecular formula is C11H9BrN2O3. The van der Waals surface area contributed by atoms with E-state index in [2.05, 4.69) is 21.0 Å². The molecule has 2 rings (SSSR count). The number of hydrogen-bond acceptors (Lipinski definition) is 2. The fourth-order valence-corrected chi connectivity index (χ4v) is 1.80. The Labute approximate surface area is 105 Å². The maximum absolute atomic E-state index is 11.7. The van der Waals surface area contributed by atoms with Crippen molar-refractivity contribution in [2.45, 2.75) is 6.92 Å². The standard InChI is InChI=1S/C11H9BrN2O3/c1-6-2-3-7(4-9(6)12)14-10(15)8(5-13-14)11(16)17/h2-5,13H,1H3,(H,16,17). The summed E-state index contributed by atoms with van der Waals surface area (Å²) in [5, 5.41) is 11.4. The lowest BCUT2D eigenvalue weighted by Crippen LogP contribution is -2.19. The van der Waals surface area contributed by atoms with Gasteiger partial charge in [-0.3, -0.25) is 9.89 Å².